The molecule has 0 radical (unpaired) electrons. The van der Waals surface area contributed by atoms with Gasteiger partial charge in [-0.3, -0.25) is 4.79 Å². The van der Waals surface area contributed by atoms with Crippen LogP contribution in [-0.4, -0.2) is 42.7 Å². The molecule has 1 saturated heterocycles. The van der Waals surface area contributed by atoms with Crippen molar-refractivity contribution in [2.45, 2.75) is 58.7 Å². The summed E-state index contributed by atoms with van der Waals surface area (Å²) >= 11 is 0. The van der Waals surface area contributed by atoms with Crippen LogP contribution in [0.3, 0.4) is 0 Å². The van der Waals surface area contributed by atoms with E-state index in [1.165, 1.54) is 0 Å². The van der Waals surface area contributed by atoms with Crippen molar-refractivity contribution >= 4 is 5.91 Å². The van der Waals surface area contributed by atoms with Crippen LogP contribution in [0.4, 0.5) is 4.39 Å². The van der Waals surface area contributed by atoms with Crippen LogP contribution in [0.2, 0.25) is 0 Å². The lowest BCUT2D eigenvalue weighted by Gasteiger charge is -2.32. The number of rotatable bonds is 6. The smallest absolute Gasteiger partial charge is 0.248 e. The third kappa shape index (κ3) is 5.20. The van der Waals surface area contributed by atoms with E-state index in [2.05, 4.69) is 0 Å². The lowest BCUT2D eigenvalue weighted by molar-refractivity contribution is -0.139. The summed E-state index contributed by atoms with van der Waals surface area (Å²) in [5, 5.41) is 0. The van der Waals surface area contributed by atoms with E-state index in [1.807, 2.05) is 33.8 Å². The minimum atomic E-state index is -0.315. The largest absolute Gasteiger partial charge is 0.487 e. The Balaban J connectivity index is 1.84. The number of halogens is 1. The topological polar surface area (TPSA) is 38.8 Å². The normalized spacial score (nSPS) is 16.0. The van der Waals surface area contributed by atoms with Crippen LogP contribution < -0.4 is 4.74 Å². The second kappa shape index (κ2) is 8.47. The summed E-state index contributed by atoms with van der Waals surface area (Å²) in [6, 6.07) is 5.16. The molecular formula is C19H28FNO3. The van der Waals surface area contributed by atoms with Gasteiger partial charge in [-0.05, 0) is 37.5 Å². The lowest BCUT2D eigenvalue weighted by Crippen LogP contribution is -2.43. The monoisotopic (exact) mass is 337 g/mol. The number of ether oxygens (including phenoxy) is 2. The summed E-state index contributed by atoms with van der Waals surface area (Å²) in [4.78, 5) is 13.8. The Labute approximate surface area is 143 Å². The predicted molar refractivity (Wildman–Crippen MR) is 91.8 cm³/mol. The van der Waals surface area contributed by atoms with E-state index >= 15 is 0 Å². The quantitative estimate of drug-likeness (QED) is 0.794. The van der Waals surface area contributed by atoms with Crippen LogP contribution in [0, 0.1) is 5.82 Å². The number of carbonyl (C=O) groups excluding carboxylic acids is 1. The molecule has 1 amide bonds. The first kappa shape index (κ1) is 18.7. The van der Waals surface area contributed by atoms with Gasteiger partial charge in [-0.2, -0.15) is 0 Å². The molecule has 1 fully saturated rings. The molecule has 5 heteroatoms. The van der Waals surface area contributed by atoms with Crippen molar-refractivity contribution < 1.29 is 18.7 Å². The third-order valence-electron chi connectivity index (χ3n) is 4.25. The zero-order valence-electron chi connectivity index (χ0n) is 15.0. The number of hydrogen-bond acceptors (Lipinski definition) is 3. The first-order valence-corrected chi connectivity index (χ1v) is 8.72. The van der Waals surface area contributed by atoms with Gasteiger partial charge in [-0.1, -0.05) is 19.9 Å². The van der Waals surface area contributed by atoms with Gasteiger partial charge in [0.15, 0.2) is 11.6 Å². The second-order valence-electron chi connectivity index (χ2n) is 6.90. The van der Waals surface area contributed by atoms with Gasteiger partial charge in [-0.15, -0.1) is 0 Å². The van der Waals surface area contributed by atoms with Crippen molar-refractivity contribution in [1.29, 1.82) is 0 Å². The Morgan fingerprint density at radius 1 is 1.25 bits per heavy atom. The maximum Gasteiger partial charge on any atom is 0.248 e. The van der Waals surface area contributed by atoms with E-state index in [1.54, 1.807) is 17.0 Å². The molecule has 0 N–H and O–H groups in total. The Morgan fingerprint density at radius 2 is 1.92 bits per heavy atom. The number of amides is 1. The Hall–Kier alpha value is -1.62. The van der Waals surface area contributed by atoms with Crippen molar-refractivity contribution in [3.8, 4) is 5.75 Å². The van der Waals surface area contributed by atoms with Gasteiger partial charge in [-0.25, -0.2) is 4.39 Å². The molecule has 2 rings (SSSR count). The fourth-order valence-electron chi connectivity index (χ4n) is 2.70. The molecule has 24 heavy (non-hydrogen) atoms. The lowest BCUT2D eigenvalue weighted by atomic mass is 10.0. The van der Waals surface area contributed by atoms with Gasteiger partial charge in [0.1, 0.15) is 12.7 Å². The van der Waals surface area contributed by atoms with Gasteiger partial charge in [0.2, 0.25) is 5.91 Å². The van der Waals surface area contributed by atoms with Crippen molar-refractivity contribution in [1.82, 2.24) is 4.90 Å². The summed E-state index contributed by atoms with van der Waals surface area (Å²) in [7, 11) is 0. The third-order valence-corrected chi connectivity index (χ3v) is 4.25. The SMILES string of the molecule is CC(C)OCC(=O)N1CCC(Oc2ccc(C(C)C)cc2F)CC1. The summed E-state index contributed by atoms with van der Waals surface area (Å²) in [5.41, 5.74) is 0.963. The number of nitrogens with zero attached hydrogens (tertiary/aromatic N) is 1. The molecule has 1 aromatic rings. The van der Waals surface area contributed by atoms with Gasteiger partial charge in [0.05, 0.1) is 6.10 Å². The molecule has 1 aliphatic rings. The number of piperidine rings is 1. The zero-order valence-corrected chi connectivity index (χ0v) is 15.0. The first-order valence-electron chi connectivity index (χ1n) is 8.72. The number of likely N-dealkylation sites (tertiary alicyclic amines) is 1. The Morgan fingerprint density at radius 3 is 2.46 bits per heavy atom. The molecule has 0 unspecified atom stereocenters. The average molecular weight is 337 g/mol. The molecule has 134 valence electrons. The minimum absolute atomic E-state index is 0.00890. The standard InChI is InChI=1S/C19H28FNO3/c1-13(2)15-5-6-18(17(20)11-15)24-16-7-9-21(10-8-16)19(22)12-23-14(3)4/h5-6,11,13-14,16H,7-10,12H2,1-4H3. The van der Waals surface area contributed by atoms with Gasteiger partial charge in [0, 0.05) is 25.9 Å². The molecule has 0 bridgehead atoms. The molecule has 0 spiro atoms. The number of benzene rings is 1. The van der Waals surface area contributed by atoms with E-state index in [-0.39, 0.29) is 36.5 Å². The van der Waals surface area contributed by atoms with E-state index in [9.17, 15) is 9.18 Å². The maximum atomic E-state index is 14.1. The highest BCUT2D eigenvalue weighted by Gasteiger charge is 2.24. The summed E-state index contributed by atoms with van der Waals surface area (Å²) in [5.74, 6) is 0.280. The summed E-state index contributed by atoms with van der Waals surface area (Å²) in [6.45, 7) is 9.25. The van der Waals surface area contributed by atoms with E-state index in [0.717, 1.165) is 5.56 Å². The van der Waals surface area contributed by atoms with Crippen LogP contribution in [0.25, 0.3) is 0 Å². The fourth-order valence-corrected chi connectivity index (χ4v) is 2.70. The van der Waals surface area contributed by atoms with Gasteiger partial charge >= 0.3 is 0 Å². The first-order chi connectivity index (χ1) is 11.4. The second-order valence-corrected chi connectivity index (χ2v) is 6.90. The Kier molecular flexibility index (Phi) is 6.60. The highest BCUT2D eigenvalue weighted by molar-refractivity contribution is 5.77. The van der Waals surface area contributed by atoms with Gasteiger partial charge < -0.3 is 14.4 Å². The van der Waals surface area contributed by atoms with Crippen molar-refractivity contribution in [2.75, 3.05) is 19.7 Å². The van der Waals surface area contributed by atoms with Crippen LogP contribution in [0.15, 0.2) is 18.2 Å². The Bertz CT molecular complexity index is 552. The van der Waals surface area contributed by atoms with Gasteiger partial charge in [0.25, 0.3) is 0 Å². The van der Waals surface area contributed by atoms with Crippen LogP contribution >= 0.6 is 0 Å². The highest BCUT2D eigenvalue weighted by atomic mass is 19.1. The molecule has 0 saturated carbocycles. The predicted octanol–water partition coefficient (Wildman–Crippen LogP) is 3.74. The summed E-state index contributed by atoms with van der Waals surface area (Å²) in [6.07, 6.45) is 1.41. The molecule has 0 aromatic heterocycles. The molecule has 0 atom stereocenters. The van der Waals surface area contributed by atoms with Crippen molar-refractivity contribution in [3.63, 3.8) is 0 Å². The van der Waals surface area contributed by atoms with Crippen LogP contribution in [0.5, 0.6) is 5.75 Å². The highest BCUT2D eigenvalue weighted by Crippen LogP contribution is 2.25. The van der Waals surface area contributed by atoms with Crippen LogP contribution in [-0.2, 0) is 9.53 Å². The molecule has 1 heterocycles. The molecule has 1 aliphatic heterocycles. The molecule has 4 nitrogen and oxygen atoms in total. The number of carbonyl (C=O) groups is 1. The number of hydrogen-bond donors (Lipinski definition) is 0. The maximum absolute atomic E-state index is 14.1. The van der Waals surface area contributed by atoms with E-state index < -0.39 is 0 Å². The summed E-state index contributed by atoms with van der Waals surface area (Å²) < 4.78 is 25.3. The van der Waals surface area contributed by atoms with Crippen molar-refractivity contribution in [2.24, 2.45) is 0 Å². The molecular weight excluding hydrogens is 309 g/mol. The van der Waals surface area contributed by atoms with E-state index in [0.29, 0.717) is 31.7 Å². The van der Waals surface area contributed by atoms with Crippen LogP contribution in [0.1, 0.15) is 52.0 Å². The fraction of sp³-hybridized carbons (Fsp3) is 0.632. The molecule has 1 aromatic carbocycles. The zero-order chi connectivity index (χ0) is 17.7. The van der Waals surface area contributed by atoms with E-state index in [4.69, 9.17) is 9.47 Å². The average Bonchev–Trinajstić information content (AvgIpc) is 2.55. The minimum Gasteiger partial charge on any atom is -0.487 e. The molecule has 0 aliphatic carbocycles. The van der Waals surface area contributed by atoms with Crippen molar-refractivity contribution in [3.05, 3.63) is 29.6 Å².